The van der Waals surface area contributed by atoms with Gasteiger partial charge < -0.3 is 15.3 Å². The molecule has 1 saturated heterocycles. The summed E-state index contributed by atoms with van der Waals surface area (Å²) >= 11 is 0. The second-order valence-electron chi connectivity index (χ2n) is 3.71. The number of carbonyl (C=O) groups is 1. The Morgan fingerprint density at radius 2 is 2.06 bits per heavy atom. The Balaban J connectivity index is 2.27. The van der Waals surface area contributed by atoms with Crippen LogP contribution in [0.4, 0.5) is 10.1 Å². The lowest BCUT2D eigenvalue weighted by atomic mass is 10.1. The molecule has 2 N–H and O–H groups in total. The molecule has 4 nitrogen and oxygen atoms in total. The van der Waals surface area contributed by atoms with E-state index in [2.05, 4.69) is 5.32 Å². The van der Waals surface area contributed by atoms with Gasteiger partial charge in [0.1, 0.15) is 5.82 Å². The van der Waals surface area contributed by atoms with E-state index in [1.54, 1.807) is 6.07 Å². The average Bonchev–Trinajstić information content (AvgIpc) is 2.30. The molecule has 86 valence electrons. The number of halogens is 1. The van der Waals surface area contributed by atoms with E-state index in [9.17, 15) is 9.18 Å². The summed E-state index contributed by atoms with van der Waals surface area (Å²) < 4.78 is 13.2. The molecule has 5 heteroatoms. The molecule has 1 heterocycles. The average molecular weight is 224 g/mol. The van der Waals surface area contributed by atoms with Crippen molar-refractivity contribution in [1.82, 2.24) is 5.32 Å². The Bertz CT molecular complexity index is 403. The van der Waals surface area contributed by atoms with E-state index in [-0.39, 0.29) is 5.56 Å². The smallest absolute Gasteiger partial charge is 0.338 e. The fraction of sp³-hybridized carbons (Fsp3) is 0.364. The van der Waals surface area contributed by atoms with Gasteiger partial charge in [-0.3, -0.25) is 0 Å². The number of piperazine rings is 1. The monoisotopic (exact) mass is 224 g/mol. The van der Waals surface area contributed by atoms with E-state index < -0.39 is 11.8 Å². The summed E-state index contributed by atoms with van der Waals surface area (Å²) in [6, 6.07) is 4.22. The minimum atomic E-state index is -1.23. The fourth-order valence-corrected chi connectivity index (χ4v) is 1.80. The number of carboxylic acids is 1. The van der Waals surface area contributed by atoms with E-state index in [1.807, 2.05) is 4.90 Å². The summed E-state index contributed by atoms with van der Waals surface area (Å²) in [4.78, 5) is 12.8. The number of anilines is 1. The number of benzene rings is 1. The van der Waals surface area contributed by atoms with Crippen LogP contribution in [0.25, 0.3) is 0 Å². The Labute approximate surface area is 92.7 Å². The first-order valence-electron chi connectivity index (χ1n) is 5.17. The van der Waals surface area contributed by atoms with Gasteiger partial charge in [0.15, 0.2) is 0 Å². The lowest BCUT2D eigenvalue weighted by molar-refractivity contribution is 0.0692. The van der Waals surface area contributed by atoms with Gasteiger partial charge in [-0.05, 0) is 18.2 Å². The van der Waals surface area contributed by atoms with Crippen molar-refractivity contribution < 1.29 is 14.3 Å². The van der Waals surface area contributed by atoms with Gasteiger partial charge in [-0.2, -0.15) is 0 Å². The molecule has 0 saturated carbocycles. The van der Waals surface area contributed by atoms with Crippen molar-refractivity contribution in [3.05, 3.63) is 29.6 Å². The van der Waals surface area contributed by atoms with Crippen molar-refractivity contribution in [1.29, 1.82) is 0 Å². The van der Waals surface area contributed by atoms with Gasteiger partial charge in [0.2, 0.25) is 0 Å². The molecule has 0 atom stereocenters. The molecule has 0 radical (unpaired) electrons. The lowest BCUT2D eigenvalue weighted by Gasteiger charge is -2.29. The summed E-state index contributed by atoms with van der Waals surface area (Å²) in [7, 11) is 0. The molecule has 1 aromatic carbocycles. The molecule has 0 amide bonds. The molecule has 0 bridgehead atoms. The first-order chi connectivity index (χ1) is 7.68. The van der Waals surface area contributed by atoms with Gasteiger partial charge in [0.05, 0.1) is 5.56 Å². The van der Waals surface area contributed by atoms with Crippen LogP contribution in [0.5, 0.6) is 0 Å². The number of nitrogens with zero attached hydrogens (tertiary/aromatic N) is 1. The van der Waals surface area contributed by atoms with Crippen LogP contribution >= 0.6 is 0 Å². The van der Waals surface area contributed by atoms with Crippen LogP contribution in [0.2, 0.25) is 0 Å². The molecule has 1 aliphatic heterocycles. The Morgan fingerprint density at radius 1 is 1.38 bits per heavy atom. The minimum absolute atomic E-state index is 0.268. The first kappa shape index (κ1) is 10.9. The van der Waals surface area contributed by atoms with E-state index in [0.717, 1.165) is 31.9 Å². The summed E-state index contributed by atoms with van der Waals surface area (Å²) in [5.74, 6) is -1.92. The number of rotatable bonds is 2. The van der Waals surface area contributed by atoms with Gasteiger partial charge in [0, 0.05) is 31.9 Å². The van der Waals surface area contributed by atoms with Gasteiger partial charge in [-0.15, -0.1) is 0 Å². The van der Waals surface area contributed by atoms with Crippen LogP contribution in [0.3, 0.4) is 0 Å². The first-order valence-corrected chi connectivity index (χ1v) is 5.17. The number of hydrogen-bond acceptors (Lipinski definition) is 3. The Kier molecular flexibility index (Phi) is 3.05. The maximum atomic E-state index is 13.2. The Morgan fingerprint density at radius 3 is 2.69 bits per heavy atom. The van der Waals surface area contributed by atoms with Crippen LogP contribution < -0.4 is 10.2 Å². The van der Waals surface area contributed by atoms with E-state index in [0.29, 0.717) is 0 Å². The molecule has 0 spiro atoms. The third-order valence-corrected chi connectivity index (χ3v) is 2.66. The summed E-state index contributed by atoms with van der Waals surface area (Å²) in [6.45, 7) is 3.34. The molecule has 0 aromatic heterocycles. The SMILES string of the molecule is O=C(O)c1cc(N2CCNCC2)ccc1F. The zero-order chi connectivity index (χ0) is 11.5. The highest BCUT2D eigenvalue weighted by molar-refractivity contribution is 5.89. The second kappa shape index (κ2) is 4.49. The largest absolute Gasteiger partial charge is 0.478 e. The third kappa shape index (κ3) is 2.14. The topological polar surface area (TPSA) is 52.6 Å². The fourth-order valence-electron chi connectivity index (χ4n) is 1.80. The molecule has 1 fully saturated rings. The summed E-state index contributed by atoms with van der Waals surface area (Å²) in [5, 5.41) is 12.0. The van der Waals surface area contributed by atoms with Crippen LogP contribution in [-0.4, -0.2) is 37.3 Å². The number of aromatic carboxylic acids is 1. The molecular weight excluding hydrogens is 211 g/mol. The highest BCUT2D eigenvalue weighted by Crippen LogP contribution is 2.19. The number of carboxylic acid groups (broad SMARTS) is 1. The maximum absolute atomic E-state index is 13.2. The standard InChI is InChI=1S/C11H13FN2O2/c12-10-2-1-8(7-9(10)11(15)16)14-5-3-13-4-6-14/h1-2,7,13H,3-6H2,(H,15,16). The predicted octanol–water partition coefficient (Wildman–Crippen LogP) is 0.933. The van der Waals surface area contributed by atoms with Gasteiger partial charge in [-0.25, -0.2) is 9.18 Å². The highest BCUT2D eigenvalue weighted by Gasteiger charge is 2.15. The normalized spacial score (nSPS) is 16.2. The zero-order valence-corrected chi connectivity index (χ0v) is 8.74. The van der Waals surface area contributed by atoms with Crippen molar-refractivity contribution in [2.75, 3.05) is 31.1 Å². The molecule has 0 unspecified atom stereocenters. The minimum Gasteiger partial charge on any atom is -0.478 e. The molecule has 16 heavy (non-hydrogen) atoms. The van der Waals surface area contributed by atoms with Gasteiger partial charge in [0.25, 0.3) is 0 Å². The molecular formula is C11H13FN2O2. The van der Waals surface area contributed by atoms with E-state index in [1.165, 1.54) is 12.1 Å². The van der Waals surface area contributed by atoms with Crippen molar-refractivity contribution in [3.8, 4) is 0 Å². The molecule has 2 rings (SSSR count). The molecule has 1 aliphatic rings. The zero-order valence-electron chi connectivity index (χ0n) is 8.74. The van der Waals surface area contributed by atoms with Crippen molar-refractivity contribution in [2.45, 2.75) is 0 Å². The quantitative estimate of drug-likeness (QED) is 0.784. The molecule has 0 aliphatic carbocycles. The van der Waals surface area contributed by atoms with E-state index in [4.69, 9.17) is 5.11 Å². The highest BCUT2D eigenvalue weighted by atomic mass is 19.1. The maximum Gasteiger partial charge on any atom is 0.338 e. The van der Waals surface area contributed by atoms with Crippen molar-refractivity contribution >= 4 is 11.7 Å². The van der Waals surface area contributed by atoms with Crippen molar-refractivity contribution in [3.63, 3.8) is 0 Å². The second-order valence-corrected chi connectivity index (χ2v) is 3.71. The van der Waals surface area contributed by atoms with E-state index >= 15 is 0 Å². The summed E-state index contributed by atoms with van der Waals surface area (Å²) in [5.41, 5.74) is 0.497. The van der Waals surface area contributed by atoms with Crippen LogP contribution in [0.15, 0.2) is 18.2 Å². The van der Waals surface area contributed by atoms with Crippen molar-refractivity contribution in [2.24, 2.45) is 0 Å². The molecule has 1 aromatic rings. The van der Waals surface area contributed by atoms with Crippen LogP contribution in [-0.2, 0) is 0 Å². The number of nitrogens with one attached hydrogen (secondary N) is 1. The van der Waals surface area contributed by atoms with Gasteiger partial charge in [-0.1, -0.05) is 0 Å². The predicted molar refractivity (Wildman–Crippen MR) is 58.4 cm³/mol. The van der Waals surface area contributed by atoms with Crippen LogP contribution in [0, 0.1) is 5.82 Å². The Hall–Kier alpha value is -1.62. The third-order valence-electron chi connectivity index (χ3n) is 2.66. The van der Waals surface area contributed by atoms with Gasteiger partial charge >= 0.3 is 5.97 Å². The number of hydrogen-bond donors (Lipinski definition) is 2. The lowest BCUT2D eigenvalue weighted by Crippen LogP contribution is -2.43. The van der Waals surface area contributed by atoms with Crippen LogP contribution in [0.1, 0.15) is 10.4 Å². The summed E-state index contributed by atoms with van der Waals surface area (Å²) in [6.07, 6.45) is 0.